The monoisotopic (exact) mass is 330 g/mol. The van der Waals surface area contributed by atoms with Crippen LogP contribution in [0.25, 0.3) is 17.0 Å². The summed E-state index contributed by atoms with van der Waals surface area (Å²) in [4.78, 5) is 29.3. The van der Waals surface area contributed by atoms with E-state index in [-0.39, 0.29) is 11.9 Å². The number of amides is 1. The summed E-state index contributed by atoms with van der Waals surface area (Å²) >= 11 is 0. The van der Waals surface area contributed by atoms with Crippen molar-refractivity contribution in [2.75, 3.05) is 5.32 Å². The molecular formula is C18H14N6O. The summed E-state index contributed by atoms with van der Waals surface area (Å²) in [6.07, 6.45) is 6.68. The molecule has 4 aromatic heterocycles. The number of hydrogen-bond acceptors (Lipinski definition) is 5. The fourth-order valence-corrected chi connectivity index (χ4v) is 2.65. The number of aryl methyl sites for hydroxylation is 1. The van der Waals surface area contributed by atoms with Gasteiger partial charge in [0.2, 0.25) is 5.95 Å². The molecule has 7 heteroatoms. The van der Waals surface area contributed by atoms with Crippen molar-refractivity contribution in [1.29, 1.82) is 0 Å². The van der Waals surface area contributed by atoms with Crippen LogP contribution >= 0.6 is 0 Å². The average Bonchev–Trinajstić information content (AvgIpc) is 2.98. The predicted octanol–water partition coefficient (Wildman–Crippen LogP) is 2.75. The van der Waals surface area contributed by atoms with Crippen LogP contribution < -0.4 is 5.32 Å². The maximum absolute atomic E-state index is 12.3. The van der Waals surface area contributed by atoms with Crippen LogP contribution in [0.2, 0.25) is 0 Å². The van der Waals surface area contributed by atoms with Crippen LogP contribution in [-0.4, -0.2) is 30.2 Å². The lowest BCUT2D eigenvalue weighted by molar-refractivity contribution is 0.102. The number of pyridine rings is 2. The summed E-state index contributed by atoms with van der Waals surface area (Å²) in [5.74, 6) is -0.0426. The molecule has 0 radical (unpaired) electrons. The van der Waals surface area contributed by atoms with Crippen LogP contribution in [0.3, 0.4) is 0 Å². The molecule has 4 aromatic rings. The van der Waals surface area contributed by atoms with Gasteiger partial charge in [0, 0.05) is 30.4 Å². The first-order valence-corrected chi connectivity index (χ1v) is 7.71. The zero-order valence-electron chi connectivity index (χ0n) is 13.4. The van der Waals surface area contributed by atoms with Crippen molar-refractivity contribution in [3.8, 4) is 11.4 Å². The van der Waals surface area contributed by atoms with Gasteiger partial charge in [-0.1, -0.05) is 6.07 Å². The van der Waals surface area contributed by atoms with E-state index in [1.165, 1.54) is 0 Å². The lowest BCUT2D eigenvalue weighted by atomic mass is 10.2. The second-order valence-electron chi connectivity index (χ2n) is 5.43. The van der Waals surface area contributed by atoms with Gasteiger partial charge in [-0.15, -0.1) is 0 Å². The molecule has 4 heterocycles. The van der Waals surface area contributed by atoms with E-state index >= 15 is 0 Å². The summed E-state index contributed by atoms with van der Waals surface area (Å²) < 4.78 is 1.96. The highest BCUT2D eigenvalue weighted by molar-refractivity contribution is 6.03. The minimum Gasteiger partial charge on any atom is -0.298 e. The Hall–Kier alpha value is -3.61. The first-order valence-electron chi connectivity index (χ1n) is 7.71. The van der Waals surface area contributed by atoms with E-state index in [0.29, 0.717) is 11.3 Å². The van der Waals surface area contributed by atoms with E-state index in [1.807, 2.05) is 35.7 Å². The quantitative estimate of drug-likeness (QED) is 0.624. The molecule has 0 aliphatic rings. The van der Waals surface area contributed by atoms with Gasteiger partial charge in [-0.05, 0) is 37.3 Å². The van der Waals surface area contributed by atoms with Crippen molar-refractivity contribution in [3.63, 3.8) is 0 Å². The molecule has 0 bridgehead atoms. The van der Waals surface area contributed by atoms with Crippen molar-refractivity contribution in [1.82, 2.24) is 24.3 Å². The summed E-state index contributed by atoms with van der Waals surface area (Å²) in [7, 11) is 0. The Morgan fingerprint density at radius 2 is 1.88 bits per heavy atom. The van der Waals surface area contributed by atoms with E-state index in [0.717, 1.165) is 17.0 Å². The molecule has 122 valence electrons. The van der Waals surface area contributed by atoms with Gasteiger partial charge in [-0.25, -0.2) is 15.0 Å². The van der Waals surface area contributed by atoms with Crippen LogP contribution in [0, 0.1) is 6.92 Å². The summed E-state index contributed by atoms with van der Waals surface area (Å²) in [5.41, 5.74) is 3.76. The maximum atomic E-state index is 12.3. The maximum Gasteiger partial charge on any atom is 0.258 e. The van der Waals surface area contributed by atoms with Crippen molar-refractivity contribution in [2.24, 2.45) is 0 Å². The smallest absolute Gasteiger partial charge is 0.258 e. The van der Waals surface area contributed by atoms with E-state index in [4.69, 9.17) is 0 Å². The third-order valence-electron chi connectivity index (χ3n) is 3.77. The zero-order valence-corrected chi connectivity index (χ0v) is 13.4. The Balaban J connectivity index is 1.70. The normalized spacial score (nSPS) is 10.8. The molecule has 7 nitrogen and oxygen atoms in total. The number of nitrogens with one attached hydrogen (secondary N) is 1. The fourth-order valence-electron chi connectivity index (χ4n) is 2.65. The van der Waals surface area contributed by atoms with Crippen LogP contribution in [-0.2, 0) is 0 Å². The van der Waals surface area contributed by atoms with E-state index in [2.05, 4.69) is 25.3 Å². The SMILES string of the molecule is Cc1nc2ccccn2c1-c1ccnc(NC(=O)c2ccncc2)n1. The summed E-state index contributed by atoms with van der Waals surface area (Å²) in [6.45, 7) is 1.93. The molecule has 0 saturated carbocycles. The van der Waals surface area contributed by atoms with Gasteiger partial charge in [0.25, 0.3) is 5.91 Å². The minimum atomic E-state index is -0.283. The Morgan fingerprint density at radius 3 is 2.72 bits per heavy atom. The highest BCUT2D eigenvalue weighted by Gasteiger charge is 2.14. The largest absolute Gasteiger partial charge is 0.298 e. The average molecular weight is 330 g/mol. The highest BCUT2D eigenvalue weighted by atomic mass is 16.1. The van der Waals surface area contributed by atoms with Crippen LogP contribution in [0.1, 0.15) is 16.1 Å². The second-order valence-corrected chi connectivity index (χ2v) is 5.43. The zero-order chi connectivity index (χ0) is 17.2. The van der Waals surface area contributed by atoms with Crippen LogP contribution in [0.15, 0.2) is 61.2 Å². The van der Waals surface area contributed by atoms with Gasteiger partial charge < -0.3 is 0 Å². The summed E-state index contributed by atoms with van der Waals surface area (Å²) in [5, 5.41) is 2.71. The lowest BCUT2D eigenvalue weighted by Gasteiger charge is -2.06. The van der Waals surface area contributed by atoms with Crippen molar-refractivity contribution < 1.29 is 4.79 Å². The number of nitrogens with zero attached hydrogens (tertiary/aromatic N) is 5. The number of anilines is 1. The molecular weight excluding hydrogens is 316 g/mol. The predicted molar refractivity (Wildman–Crippen MR) is 93.1 cm³/mol. The lowest BCUT2D eigenvalue weighted by Crippen LogP contribution is -2.14. The highest BCUT2D eigenvalue weighted by Crippen LogP contribution is 2.23. The van der Waals surface area contributed by atoms with Gasteiger partial charge in [0.15, 0.2) is 0 Å². The molecule has 0 atom stereocenters. The molecule has 0 spiro atoms. The standard InChI is InChI=1S/C18H14N6O/c1-12-16(24-11-3-2-4-15(24)21-12)14-7-10-20-18(22-14)23-17(25)13-5-8-19-9-6-13/h2-11H,1H3,(H,20,22,23,25). The van der Waals surface area contributed by atoms with Crippen LogP contribution in [0.4, 0.5) is 5.95 Å². The molecule has 25 heavy (non-hydrogen) atoms. The number of aromatic nitrogens is 5. The Labute approximate surface area is 143 Å². The molecule has 4 rings (SSSR count). The van der Waals surface area contributed by atoms with Crippen LogP contribution in [0.5, 0.6) is 0 Å². The molecule has 0 aliphatic heterocycles. The van der Waals surface area contributed by atoms with Gasteiger partial charge in [0.05, 0.1) is 17.1 Å². The molecule has 0 aliphatic carbocycles. The van der Waals surface area contributed by atoms with Gasteiger partial charge in [-0.3, -0.25) is 19.5 Å². The third kappa shape index (κ3) is 2.83. The van der Waals surface area contributed by atoms with Crippen molar-refractivity contribution >= 4 is 17.5 Å². The van der Waals surface area contributed by atoms with Gasteiger partial charge in [-0.2, -0.15) is 0 Å². The Kier molecular flexibility index (Phi) is 3.66. The fraction of sp³-hybridized carbons (Fsp3) is 0.0556. The molecule has 1 amide bonds. The molecule has 1 N–H and O–H groups in total. The minimum absolute atomic E-state index is 0.240. The molecule has 0 aromatic carbocycles. The van der Waals surface area contributed by atoms with E-state index in [1.54, 1.807) is 36.8 Å². The topological polar surface area (TPSA) is 85.1 Å². The Morgan fingerprint density at radius 1 is 1.04 bits per heavy atom. The molecule has 0 unspecified atom stereocenters. The van der Waals surface area contributed by atoms with E-state index < -0.39 is 0 Å². The first kappa shape index (κ1) is 14.9. The van der Waals surface area contributed by atoms with Crippen molar-refractivity contribution in [2.45, 2.75) is 6.92 Å². The van der Waals surface area contributed by atoms with E-state index in [9.17, 15) is 4.79 Å². The number of hydrogen-bond donors (Lipinski definition) is 1. The van der Waals surface area contributed by atoms with Crippen molar-refractivity contribution in [3.05, 3.63) is 72.4 Å². The van der Waals surface area contributed by atoms with Gasteiger partial charge in [0.1, 0.15) is 5.65 Å². The third-order valence-corrected chi connectivity index (χ3v) is 3.77. The number of rotatable bonds is 3. The number of carbonyl (C=O) groups excluding carboxylic acids is 1. The van der Waals surface area contributed by atoms with Gasteiger partial charge >= 0.3 is 0 Å². The first-order chi connectivity index (χ1) is 12.2. The number of imidazole rings is 1. The number of fused-ring (bicyclic) bond motifs is 1. The Bertz CT molecular complexity index is 1060. The summed E-state index contributed by atoms with van der Waals surface area (Å²) in [6, 6.07) is 10.9. The molecule has 0 fully saturated rings. The molecule has 0 saturated heterocycles. The second kappa shape index (κ2) is 6.12. The number of carbonyl (C=O) groups is 1.